The second-order valence-corrected chi connectivity index (χ2v) is 5.42. The van der Waals surface area contributed by atoms with Gasteiger partial charge < -0.3 is 20.1 Å². The summed E-state index contributed by atoms with van der Waals surface area (Å²) in [4.78, 5) is 24.3. The van der Waals surface area contributed by atoms with Crippen LogP contribution in [-0.4, -0.2) is 42.2 Å². The topological polar surface area (TPSA) is 78.9 Å². The Morgan fingerprint density at radius 1 is 1.55 bits per heavy atom. The van der Waals surface area contributed by atoms with Gasteiger partial charge in [0.25, 0.3) is 0 Å². The number of benzene rings is 1. The number of ether oxygens (including phenoxy) is 1. The summed E-state index contributed by atoms with van der Waals surface area (Å²) in [6.07, 6.45) is 0.532. The Morgan fingerprint density at radius 2 is 2.27 bits per heavy atom. The number of fused-ring (bicyclic) bond motifs is 1. The lowest BCUT2D eigenvalue weighted by atomic mass is 10.0. The molecule has 6 nitrogen and oxygen atoms in total. The van der Waals surface area contributed by atoms with Crippen molar-refractivity contribution in [1.29, 1.82) is 0 Å². The van der Waals surface area contributed by atoms with Crippen LogP contribution < -0.4 is 10.1 Å². The normalized spacial score (nSPS) is 17.9. The van der Waals surface area contributed by atoms with E-state index in [0.717, 1.165) is 0 Å². The van der Waals surface area contributed by atoms with Crippen LogP contribution in [0.4, 0.5) is 9.18 Å². The van der Waals surface area contributed by atoms with Gasteiger partial charge in [-0.25, -0.2) is 9.18 Å². The van der Waals surface area contributed by atoms with Crippen LogP contribution in [0.15, 0.2) is 18.2 Å². The van der Waals surface area contributed by atoms with Crippen LogP contribution in [0.2, 0.25) is 0 Å². The van der Waals surface area contributed by atoms with Gasteiger partial charge in [-0.15, -0.1) is 0 Å². The molecule has 120 valence electrons. The lowest BCUT2D eigenvalue weighted by Crippen LogP contribution is -2.43. The van der Waals surface area contributed by atoms with E-state index in [0.29, 0.717) is 18.6 Å². The molecule has 2 N–H and O–H groups in total. The van der Waals surface area contributed by atoms with Gasteiger partial charge in [0.1, 0.15) is 0 Å². The maximum atomic E-state index is 13.7. The number of amides is 2. The molecular weight excluding hydrogens is 291 g/mol. The van der Waals surface area contributed by atoms with E-state index in [9.17, 15) is 14.0 Å². The third-order valence-electron chi connectivity index (χ3n) is 3.64. The Balaban J connectivity index is 2.04. The summed E-state index contributed by atoms with van der Waals surface area (Å²) in [5, 5.41) is 11.7. The van der Waals surface area contributed by atoms with Crippen LogP contribution in [-0.2, 0) is 4.79 Å². The van der Waals surface area contributed by atoms with E-state index in [4.69, 9.17) is 9.84 Å². The van der Waals surface area contributed by atoms with E-state index in [1.165, 1.54) is 24.9 Å². The van der Waals surface area contributed by atoms with Crippen LogP contribution in [0.1, 0.15) is 24.9 Å². The SMILES string of the molecule is CC(CN(C)C(=O)N[C@H]1CCOc2c(F)cccc21)C(=O)O. The summed E-state index contributed by atoms with van der Waals surface area (Å²) in [6.45, 7) is 1.94. The molecule has 1 aromatic rings. The third-order valence-corrected chi connectivity index (χ3v) is 3.64. The summed E-state index contributed by atoms with van der Waals surface area (Å²) >= 11 is 0. The fourth-order valence-corrected chi connectivity index (χ4v) is 2.37. The summed E-state index contributed by atoms with van der Waals surface area (Å²) < 4.78 is 19.0. The van der Waals surface area contributed by atoms with Crippen LogP contribution >= 0.6 is 0 Å². The highest BCUT2D eigenvalue weighted by Gasteiger charge is 2.27. The molecule has 22 heavy (non-hydrogen) atoms. The quantitative estimate of drug-likeness (QED) is 0.891. The molecule has 0 fully saturated rings. The van der Waals surface area contributed by atoms with Gasteiger partial charge in [0.2, 0.25) is 0 Å². The predicted octanol–water partition coefficient (Wildman–Crippen LogP) is 2.01. The number of aliphatic carboxylic acids is 1. The molecule has 0 aromatic heterocycles. The summed E-state index contributed by atoms with van der Waals surface area (Å²) in [7, 11) is 1.53. The van der Waals surface area contributed by atoms with E-state index in [1.54, 1.807) is 12.1 Å². The van der Waals surface area contributed by atoms with Crippen molar-refractivity contribution in [2.75, 3.05) is 20.2 Å². The van der Waals surface area contributed by atoms with Crippen LogP contribution in [0.5, 0.6) is 5.75 Å². The van der Waals surface area contributed by atoms with Crippen molar-refractivity contribution in [3.63, 3.8) is 0 Å². The van der Waals surface area contributed by atoms with Crippen LogP contribution in [0.3, 0.4) is 0 Å². The van der Waals surface area contributed by atoms with Crippen molar-refractivity contribution in [2.45, 2.75) is 19.4 Å². The molecule has 0 saturated carbocycles. The minimum Gasteiger partial charge on any atom is -0.490 e. The summed E-state index contributed by atoms with van der Waals surface area (Å²) in [6, 6.07) is 3.84. The molecule has 0 aliphatic carbocycles. The van der Waals surface area contributed by atoms with E-state index >= 15 is 0 Å². The minimum atomic E-state index is -0.960. The molecule has 1 unspecified atom stereocenters. The van der Waals surface area contributed by atoms with Gasteiger partial charge in [-0.3, -0.25) is 4.79 Å². The Kier molecular flexibility index (Phi) is 4.85. The molecule has 2 atom stereocenters. The number of urea groups is 1. The largest absolute Gasteiger partial charge is 0.490 e. The highest BCUT2D eigenvalue weighted by Crippen LogP contribution is 2.34. The van der Waals surface area contributed by atoms with Crippen molar-refractivity contribution in [2.24, 2.45) is 5.92 Å². The third kappa shape index (κ3) is 3.47. The number of rotatable bonds is 4. The van der Waals surface area contributed by atoms with Gasteiger partial charge in [0.15, 0.2) is 11.6 Å². The minimum absolute atomic E-state index is 0.0976. The van der Waals surface area contributed by atoms with Crippen LogP contribution in [0, 0.1) is 11.7 Å². The number of carbonyl (C=O) groups excluding carboxylic acids is 1. The molecule has 7 heteroatoms. The number of carbonyl (C=O) groups is 2. The number of carboxylic acids is 1. The zero-order valence-corrected chi connectivity index (χ0v) is 12.5. The summed E-state index contributed by atoms with van der Waals surface area (Å²) in [5.41, 5.74) is 0.597. The molecule has 0 saturated heterocycles. The van der Waals surface area contributed by atoms with Crippen molar-refractivity contribution in [1.82, 2.24) is 10.2 Å². The molecule has 1 aliphatic heterocycles. The van der Waals surface area contributed by atoms with Gasteiger partial charge >= 0.3 is 12.0 Å². The Morgan fingerprint density at radius 3 is 2.95 bits per heavy atom. The van der Waals surface area contributed by atoms with Gasteiger partial charge in [-0.05, 0) is 6.07 Å². The summed E-state index contributed by atoms with van der Waals surface area (Å²) in [5.74, 6) is -1.90. The Hall–Kier alpha value is -2.31. The average Bonchev–Trinajstić information content (AvgIpc) is 2.48. The smallest absolute Gasteiger partial charge is 0.317 e. The van der Waals surface area contributed by atoms with Gasteiger partial charge in [0.05, 0.1) is 18.6 Å². The molecule has 0 bridgehead atoms. The number of nitrogens with one attached hydrogen (secondary N) is 1. The Labute approximate surface area is 127 Å². The molecule has 1 heterocycles. The monoisotopic (exact) mass is 310 g/mol. The van der Waals surface area contributed by atoms with E-state index < -0.39 is 23.7 Å². The second kappa shape index (κ2) is 6.64. The molecule has 2 rings (SSSR count). The van der Waals surface area contributed by atoms with Gasteiger partial charge in [-0.2, -0.15) is 0 Å². The van der Waals surface area contributed by atoms with Crippen molar-refractivity contribution in [3.8, 4) is 5.75 Å². The van der Waals surface area contributed by atoms with Crippen molar-refractivity contribution >= 4 is 12.0 Å². The number of para-hydroxylation sites is 1. The predicted molar refractivity (Wildman–Crippen MR) is 77.2 cm³/mol. The van der Waals surface area contributed by atoms with Crippen molar-refractivity contribution < 1.29 is 23.8 Å². The van der Waals surface area contributed by atoms with Gasteiger partial charge in [-0.1, -0.05) is 19.1 Å². The lowest BCUT2D eigenvalue weighted by molar-refractivity contribution is -0.141. The van der Waals surface area contributed by atoms with E-state index in [2.05, 4.69) is 5.32 Å². The fraction of sp³-hybridized carbons (Fsp3) is 0.467. The number of hydrogen-bond donors (Lipinski definition) is 2. The zero-order chi connectivity index (χ0) is 16.3. The first-order valence-electron chi connectivity index (χ1n) is 7.05. The van der Waals surface area contributed by atoms with E-state index in [1.807, 2.05) is 0 Å². The molecule has 0 radical (unpaired) electrons. The highest BCUT2D eigenvalue weighted by atomic mass is 19.1. The second-order valence-electron chi connectivity index (χ2n) is 5.42. The number of nitrogens with zero attached hydrogens (tertiary/aromatic N) is 1. The lowest BCUT2D eigenvalue weighted by Gasteiger charge is -2.29. The molecular formula is C15H19FN2O4. The first kappa shape index (κ1) is 16.1. The first-order chi connectivity index (χ1) is 10.4. The Bertz CT molecular complexity index is 579. The molecule has 1 aromatic carbocycles. The highest BCUT2D eigenvalue weighted by molar-refractivity contribution is 5.76. The first-order valence-corrected chi connectivity index (χ1v) is 7.05. The van der Waals surface area contributed by atoms with Gasteiger partial charge in [0, 0.05) is 25.6 Å². The standard InChI is InChI=1S/C15H19FN2O4/c1-9(14(19)20)8-18(2)15(21)17-12-6-7-22-13-10(12)4-3-5-11(13)16/h3-5,9,12H,6-8H2,1-2H3,(H,17,21)(H,19,20)/t9?,12-/m0/s1. The number of carboxylic acid groups (broad SMARTS) is 1. The number of halogens is 1. The fourth-order valence-electron chi connectivity index (χ4n) is 2.37. The van der Waals surface area contributed by atoms with E-state index in [-0.39, 0.29) is 18.3 Å². The maximum Gasteiger partial charge on any atom is 0.317 e. The average molecular weight is 310 g/mol. The zero-order valence-electron chi connectivity index (χ0n) is 12.5. The maximum absolute atomic E-state index is 13.7. The molecule has 0 spiro atoms. The van der Waals surface area contributed by atoms with Crippen molar-refractivity contribution in [3.05, 3.63) is 29.6 Å². The molecule has 1 aliphatic rings. The number of hydrogen-bond acceptors (Lipinski definition) is 3. The van der Waals surface area contributed by atoms with Crippen LogP contribution in [0.25, 0.3) is 0 Å². The molecule has 2 amide bonds.